The lowest BCUT2D eigenvalue weighted by molar-refractivity contribution is 0.414. The van der Waals surface area contributed by atoms with E-state index in [2.05, 4.69) is 22.4 Å². The van der Waals surface area contributed by atoms with Crippen molar-refractivity contribution in [2.24, 2.45) is 0 Å². The number of likely N-dealkylation sites (N-methyl/N-ethyl adjacent to an activating group) is 1. The molecule has 0 aliphatic heterocycles. The summed E-state index contributed by atoms with van der Waals surface area (Å²) in [5.74, 6) is 0.900. The van der Waals surface area contributed by atoms with Crippen LogP contribution < -0.4 is 10.1 Å². The van der Waals surface area contributed by atoms with E-state index in [1.807, 2.05) is 43.7 Å². The van der Waals surface area contributed by atoms with Gasteiger partial charge in [0.2, 0.25) is 0 Å². The van der Waals surface area contributed by atoms with Crippen molar-refractivity contribution in [3.8, 4) is 5.75 Å². The molecule has 1 atom stereocenters. The maximum atomic E-state index is 5.25. The van der Waals surface area contributed by atoms with E-state index in [1.165, 1.54) is 11.1 Å². The van der Waals surface area contributed by atoms with Gasteiger partial charge in [-0.2, -0.15) is 0 Å². The van der Waals surface area contributed by atoms with E-state index in [0.29, 0.717) is 6.04 Å². The molecule has 0 saturated carbocycles. The minimum absolute atomic E-state index is 0.292. The third-order valence-electron chi connectivity index (χ3n) is 3.03. The second-order valence-electron chi connectivity index (χ2n) is 4.18. The van der Waals surface area contributed by atoms with Crippen LogP contribution in [0.2, 0.25) is 0 Å². The molecular weight excluding hydrogens is 224 g/mol. The molecule has 0 spiro atoms. The number of nitrogens with zero attached hydrogens (tertiary/aromatic N) is 1. The molecule has 1 unspecified atom stereocenters. The quantitative estimate of drug-likeness (QED) is 0.875. The molecule has 0 bridgehead atoms. The summed E-state index contributed by atoms with van der Waals surface area (Å²) in [7, 11) is 3.67. The molecule has 3 heteroatoms. The number of hydrogen-bond donors (Lipinski definition) is 1. The summed E-state index contributed by atoms with van der Waals surface area (Å²) >= 11 is 0. The molecule has 3 nitrogen and oxygen atoms in total. The van der Waals surface area contributed by atoms with Gasteiger partial charge in [-0.15, -0.1) is 0 Å². The van der Waals surface area contributed by atoms with Gasteiger partial charge in [-0.3, -0.25) is 4.98 Å². The van der Waals surface area contributed by atoms with Gasteiger partial charge in [0.25, 0.3) is 0 Å². The molecule has 1 aromatic heterocycles. The number of ether oxygens (including phenoxy) is 1. The summed E-state index contributed by atoms with van der Waals surface area (Å²) in [6, 6.07) is 12.6. The Morgan fingerprint density at radius 2 is 2.00 bits per heavy atom. The number of methoxy groups -OCH3 is 1. The van der Waals surface area contributed by atoms with E-state index in [9.17, 15) is 0 Å². The third kappa shape index (κ3) is 3.08. The van der Waals surface area contributed by atoms with Gasteiger partial charge in [0, 0.05) is 18.4 Å². The van der Waals surface area contributed by atoms with Crippen LogP contribution in [0.3, 0.4) is 0 Å². The van der Waals surface area contributed by atoms with Gasteiger partial charge in [0.05, 0.1) is 7.11 Å². The molecule has 94 valence electrons. The number of rotatable bonds is 5. The fraction of sp³-hybridized carbons (Fsp3) is 0.267. The van der Waals surface area contributed by atoms with Crippen molar-refractivity contribution in [1.29, 1.82) is 0 Å². The molecule has 0 aliphatic carbocycles. The van der Waals surface area contributed by atoms with E-state index in [1.54, 1.807) is 7.11 Å². The van der Waals surface area contributed by atoms with Crippen molar-refractivity contribution in [2.45, 2.75) is 12.5 Å². The molecule has 2 rings (SSSR count). The van der Waals surface area contributed by atoms with E-state index in [-0.39, 0.29) is 0 Å². The Morgan fingerprint density at radius 3 is 2.67 bits per heavy atom. The Kier molecular flexibility index (Phi) is 4.31. The standard InChI is InChI=1S/C15H18N2O/c1-16-15(13-6-8-17-9-7-13)11-12-4-3-5-14(10-12)18-2/h3-10,15-16H,11H2,1-2H3. The minimum atomic E-state index is 0.292. The third-order valence-corrected chi connectivity index (χ3v) is 3.03. The lowest BCUT2D eigenvalue weighted by atomic mass is 10.00. The zero-order valence-electron chi connectivity index (χ0n) is 10.8. The van der Waals surface area contributed by atoms with Gasteiger partial charge in [-0.25, -0.2) is 0 Å². The highest BCUT2D eigenvalue weighted by Gasteiger charge is 2.10. The zero-order valence-corrected chi connectivity index (χ0v) is 10.8. The average molecular weight is 242 g/mol. The van der Waals surface area contributed by atoms with Crippen LogP contribution in [0.25, 0.3) is 0 Å². The second-order valence-corrected chi connectivity index (χ2v) is 4.18. The highest BCUT2D eigenvalue weighted by atomic mass is 16.5. The van der Waals surface area contributed by atoms with E-state index in [0.717, 1.165) is 12.2 Å². The summed E-state index contributed by atoms with van der Waals surface area (Å²) in [6.45, 7) is 0. The fourth-order valence-electron chi connectivity index (χ4n) is 2.02. The molecule has 0 amide bonds. The van der Waals surface area contributed by atoms with Gasteiger partial charge >= 0.3 is 0 Å². The summed E-state index contributed by atoms with van der Waals surface area (Å²) < 4.78 is 5.25. The fourth-order valence-corrected chi connectivity index (χ4v) is 2.02. The molecular formula is C15H18N2O. The SMILES string of the molecule is CNC(Cc1cccc(OC)c1)c1ccncc1. The van der Waals surface area contributed by atoms with Crippen LogP contribution in [0.5, 0.6) is 5.75 Å². The van der Waals surface area contributed by atoms with Crippen molar-refractivity contribution in [2.75, 3.05) is 14.2 Å². The van der Waals surface area contributed by atoms with E-state index in [4.69, 9.17) is 4.74 Å². The molecule has 0 aliphatic rings. The number of nitrogens with one attached hydrogen (secondary N) is 1. The Bertz CT molecular complexity index is 485. The maximum absolute atomic E-state index is 5.25. The van der Waals surface area contributed by atoms with Gasteiger partial charge < -0.3 is 10.1 Å². The topological polar surface area (TPSA) is 34.1 Å². The predicted molar refractivity (Wildman–Crippen MR) is 72.7 cm³/mol. The van der Waals surface area contributed by atoms with Crippen LogP contribution in [-0.4, -0.2) is 19.1 Å². The van der Waals surface area contributed by atoms with Gasteiger partial charge in [0.15, 0.2) is 0 Å². The Hall–Kier alpha value is -1.87. The molecule has 1 heterocycles. The lowest BCUT2D eigenvalue weighted by Gasteiger charge is -2.16. The average Bonchev–Trinajstić information content (AvgIpc) is 2.46. The minimum Gasteiger partial charge on any atom is -0.497 e. The molecule has 0 fully saturated rings. The summed E-state index contributed by atoms with van der Waals surface area (Å²) in [6.07, 6.45) is 4.58. The van der Waals surface area contributed by atoms with Gasteiger partial charge in [0.1, 0.15) is 5.75 Å². The van der Waals surface area contributed by atoms with E-state index >= 15 is 0 Å². The smallest absolute Gasteiger partial charge is 0.119 e. The summed E-state index contributed by atoms with van der Waals surface area (Å²) in [4.78, 5) is 4.05. The molecule has 0 saturated heterocycles. The molecule has 2 aromatic rings. The zero-order chi connectivity index (χ0) is 12.8. The Morgan fingerprint density at radius 1 is 1.22 bits per heavy atom. The molecule has 1 aromatic carbocycles. The van der Waals surface area contributed by atoms with Gasteiger partial charge in [-0.1, -0.05) is 12.1 Å². The van der Waals surface area contributed by atoms with Gasteiger partial charge in [-0.05, 0) is 48.9 Å². The second kappa shape index (κ2) is 6.17. The summed E-state index contributed by atoms with van der Waals surface area (Å²) in [5.41, 5.74) is 2.50. The Labute approximate surface area is 108 Å². The normalized spacial score (nSPS) is 12.1. The highest BCUT2D eigenvalue weighted by molar-refractivity contribution is 5.30. The first-order valence-electron chi connectivity index (χ1n) is 6.03. The first-order chi connectivity index (χ1) is 8.83. The predicted octanol–water partition coefficient (Wildman–Crippen LogP) is 2.59. The van der Waals surface area contributed by atoms with Crippen molar-refractivity contribution < 1.29 is 4.74 Å². The largest absolute Gasteiger partial charge is 0.497 e. The maximum Gasteiger partial charge on any atom is 0.119 e. The highest BCUT2D eigenvalue weighted by Crippen LogP contribution is 2.20. The van der Waals surface area contributed by atoms with Crippen LogP contribution >= 0.6 is 0 Å². The first-order valence-corrected chi connectivity index (χ1v) is 6.03. The van der Waals surface area contributed by atoms with Crippen molar-refractivity contribution in [3.63, 3.8) is 0 Å². The molecule has 1 N–H and O–H groups in total. The molecule has 0 radical (unpaired) electrons. The van der Waals surface area contributed by atoms with Crippen LogP contribution in [0, 0.1) is 0 Å². The summed E-state index contributed by atoms with van der Waals surface area (Å²) in [5, 5.41) is 3.34. The van der Waals surface area contributed by atoms with Crippen LogP contribution in [0.15, 0.2) is 48.8 Å². The monoisotopic (exact) mass is 242 g/mol. The molecule has 18 heavy (non-hydrogen) atoms. The van der Waals surface area contributed by atoms with Crippen LogP contribution in [0.1, 0.15) is 17.2 Å². The van der Waals surface area contributed by atoms with Crippen molar-refractivity contribution >= 4 is 0 Å². The number of aromatic nitrogens is 1. The number of hydrogen-bond acceptors (Lipinski definition) is 3. The van der Waals surface area contributed by atoms with Crippen LogP contribution in [0.4, 0.5) is 0 Å². The lowest BCUT2D eigenvalue weighted by Crippen LogP contribution is -2.18. The van der Waals surface area contributed by atoms with Crippen molar-refractivity contribution in [1.82, 2.24) is 10.3 Å². The van der Waals surface area contributed by atoms with Crippen molar-refractivity contribution in [3.05, 3.63) is 59.9 Å². The van der Waals surface area contributed by atoms with E-state index < -0.39 is 0 Å². The number of benzene rings is 1. The van der Waals surface area contributed by atoms with Crippen LogP contribution in [-0.2, 0) is 6.42 Å². The number of pyridine rings is 1. The first kappa shape index (κ1) is 12.6. The Balaban J connectivity index is 2.15.